The van der Waals surface area contributed by atoms with Crippen molar-refractivity contribution in [2.24, 2.45) is 11.7 Å². The number of piperidine rings is 1. The summed E-state index contributed by atoms with van der Waals surface area (Å²) in [5.74, 6) is 0.0408. The lowest BCUT2D eigenvalue weighted by atomic mass is 9.97. The monoisotopic (exact) mass is 288 g/mol. The molecule has 0 radical (unpaired) electrons. The molecule has 0 spiro atoms. The van der Waals surface area contributed by atoms with Crippen LogP contribution in [-0.2, 0) is 12.7 Å². The first kappa shape index (κ1) is 15.1. The quantitative estimate of drug-likeness (QED) is 0.898. The van der Waals surface area contributed by atoms with Crippen molar-refractivity contribution in [2.45, 2.75) is 25.6 Å². The molecule has 1 fully saturated rings. The molecule has 112 valence electrons. The number of anilines is 1. The summed E-state index contributed by atoms with van der Waals surface area (Å²) in [5, 5.41) is 9.20. The van der Waals surface area contributed by atoms with E-state index in [0.29, 0.717) is 18.7 Å². The molecule has 1 aromatic rings. The first-order valence-electron chi connectivity index (χ1n) is 6.71. The van der Waals surface area contributed by atoms with Crippen molar-refractivity contribution in [3.63, 3.8) is 0 Å². The topological polar surface area (TPSA) is 49.5 Å². The standard InChI is InChI=1S/C14H19F3N2O/c15-14(16,17)12-6-10(7-18)3-4-13(12)19-5-1-2-11(8-19)9-20/h3-4,6,11,20H,1-2,5,7-9,18H2. The molecular weight excluding hydrogens is 269 g/mol. The van der Waals surface area contributed by atoms with E-state index in [1.807, 2.05) is 0 Å². The van der Waals surface area contributed by atoms with Crippen LogP contribution < -0.4 is 10.6 Å². The molecule has 0 amide bonds. The van der Waals surface area contributed by atoms with Crippen molar-refractivity contribution in [3.8, 4) is 0 Å². The normalized spacial score (nSPS) is 20.2. The van der Waals surface area contributed by atoms with Gasteiger partial charge in [0.2, 0.25) is 0 Å². The lowest BCUT2D eigenvalue weighted by molar-refractivity contribution is -0.137. The van der Waals surface area contributed by atoms with Crippen LogP contribution in [0.3, 0.4) is 0 Å². The van der Waals surface area contributed by atoms with Crippen molar-refractivity contribution >= 4 is 5.69 Å². The second-order valence-electron chi connectivity index (χ2n) is 5.19. The second kappa shape index (κ2) is 6.01. The molecule has 0 aliphatic carbocycles. The molecule has 0 aromatic heterocycles. The van der Waals surface area contributed by atoms with E-state index in [9.17, 15) is 18.3 Å². The smallest absolute Gasteiger partial charge is 0.396 e. The zero-order chi connectivity index (χ0) is 14.8. The lowest BCUT2D eigenvalue weighted by Crippen LogP contribution is -2.37. The first-order valence-corrected chi connectivity index (χ1v) is 6.71. The van der Waals surface area contributed by atoms with Crippen LogP contribution in [0.25, 0.3) is 0 Å². The largest absolute Gasteiger partial charge is 0.418 e. The Balaban J connectivity index is 2.35. The average Bonchev–Trinajstić information content (AvgIpc) is 2.45. The van der Waals surface area contributed by atoms with Crippen molar-refractivity contribution in [2.75, 3.05) is 24.6 Å². The number of benzene rings is 1. The fourth-order valence-electron chi connectivity index (χ4n) is 2.65. The summed E-state index contributed by atoms with van der Waals surface area (Å²) in [5.41, 5.74) is 5.44. The Morgan fingerprint density at radius 1 is 1.35 bits per heavy atom. The van der Waals surface area contributed by atoms with E-state index < -0.39 is 11.7 Å². The highest BCUT2D eigenvalue weighted by molar-refractivity contribution is 5.56. The van der Waals surface area contributed by atoms with Gasteiger partial charge in [0.1, 0.15) is 0 Å². The Kier molecular flexibility index (Phi) is 4.55. The van der Waals surface area contributed by atoms with Gasteiger partial charge >= 0.3 is 6.18 Å². The maximum Gasteiger partial charge on any atom is 0.418 e. The molecule has 1 unspecified atom stereocenters. The number of aliphatic hydroxyl groups is 1. The van der Waals surface area contributed by atoms with Crippen LogP contribution in [0, 0.1) is 5.92 Å². The van der Waals surface area contributed by atoms with Gasteiger partial charge in [-0.05, 0) is 36.5 Å². The van der Waals surface area contributed by atoms with Crippen molar-refractivity contribution in [1.82, 2.24) is 0 Å². The lowest BCUT2D eigenvalue weighted by Gasteiger charge is -2.35. The molecule has 1 heterocycles. The van der Waals surface area contributed by atoms with Crippen LogP contribution in [0.4, 0.5) is 18.9 Å². The van der Waals surface area contributed by atoms with Gasteiger partial charge in [0.05, 0.1) is 5.56 Å². The third kappa shape index (κ3) is 3.24. The fourth-order valence-corrected chi connectivity index (χ4v) is 2.65. The summed E-state index contributed by atoms with van der Waals surface area (Å²) in [4.78, 5) is 1.72. The number of halogens is 3. The van der Waals surface area contributed by atoms with Gasteiger partial charge in [-0.2, -0.15) is 13.2 Å². The maximum absolute atomic E-state index is 13.2. The van der Waals surface area contributed by atoms with Gasteiger partial charge in [-0.25, -0.2) is 0 Å². The summed E-state index contributed by atoms with van der Waals surface area (Å²) < 4.78 is 39.5. The predicted octanol–water partition coefficient (Wildman–Crippen LogP) is 2.37. The summed E-state index contributed by atoms with van der Waals surface area (Å²) in [6, 6.07) is 4.25. The van der Waals surface area contributed by atoms with Gasteiger partial charge in [-0.3, -0.25) is 0 Å². The third-order valence-electron chi connectivity index (χ3n) is 3.72. The minimum absolute atomic E-state index is 0.0126. The minimum atomic E-state index is -4.40. The molecule has 6 heteroatoms. The van der Waals surface area contributed by atoms with Gasteiger partial charge in [0, 0.05) is 31.9 Å². The van der Waals surface area contributed by atoms with Crippen LogP contribution in [0.15, 0.2) is 18.2 Å². The summed E-state index contributed by atoms with van der Waals surface area (Å²) in [7, 11) is 0. The highest BCUT2D eigenvalue weighted by Crippen LogP contribution is 2.38. The van der Waals surface area contributed by atoms with Crippen LogP contribution >= 0.6 is 0 Å². The number of hydrogen-bond acceptors (Lipinski definition) is 3. The van der Waals surface area contributed by atoms with Crippen molar-refractivity contribution in [1.29, 1.82) is 0 Å². The van der Waals surface area contributed by atoms with Crippen LogP contribution in [0.2, 0.25) is 0 Å². The average molecular weight is 288 g/mol. The number of rotatable bonds is 3. The number of aliphatic hydroxyl groups excluding tert-OH is 1. The van der Waals surface area contributed by atoms with Gasteiger partial charge in [0.25, 0.3) is 0 Å². The molecule has 3 nitrogen and oxygen atoms in total. The number of hydrogen-bond donors (Lipinski definition) is 2. The molecule has 1 aliphatic heterocycles. The SMILES string of the molecule is NCc1ccc(N2CCCC(CO)C2)c(C(F)(F)F)c1. The maximum atomic E-state index is 13.2. The summed E-state index contributed by atoms with van der Waals surface area (Å²) in [6.45, 7) is 1.14. The highest BCUT2D eigenvalue weighted by atomic mass is 19.4. The molecule has 0 saturated carbocycles. The Morgan fingerprint density at radius 2 is 2.10 bits per heavy atom. The van der Waals surface area contributed by atoms with E-state index >= 15 is 0 Å². The highest BCUT2D eigenvalue weighted by Gasteiger charge is 2.36. The Morgan fingerprint density at radius 3 is 2.70 bits per heavy atom. The van der Waals surface area contributed by atoms with Crippen LogP contribution in [0.5, 0.6) is 0 Å². The molecule has 1 aromatic carbocycles. The number of nitrogens with two attached hydrogens (primary N) is 1. The molecule has 3 N–H and O–H groups in total. The van der Waals surface area contributed by atoms with Gasteiger partial charge in [0.15, 0.2) is 0 Å². The van der Waals surface area contributed by atoms with Crippen molar-refractivity contribution < 1.29 is 18.3 Å². The summed E-state index contributed by atoms with van der Waals surface area (Å²) in [6.07, 6.45) is -2.75. The Hall–Kier alpha value is -1.27. The molecule has 0 bridgehead atoms. The molecule has 1 saturated heterocycles. The third-order valence-corrected chi connectivity index (χ3v) is 3.72. The van der Waals surface area contributed by atoms with E-state index in [-0.39, 0.29) is 24.8 Å². The van der Waals surface area contributed by atoms with Crippen molar-refractivity contribution in [3.05, 3.63) is 29.3 Å². The number of alkyl halides is 3. The van der Waals surface area contributed by atoms with Crippen LogP contribution in [0.1, 0.15) is 24.0 Å². The molecule has 1 aliphatic rings. The number of nitrogens with zero attached hydrogens (tertiary/aromatic N) is 1. The first-order chi connectivity index (χ1) is 9.45. The molecule has 1 atom stereocenters. The van der Waals surface area contributed by atoms with E-state index in [4.69, 9.17) is 5.73 Å². The van der Waals surface area contributed by atoms with E-state index in [2.05, 4.69) is 0 Å². The van der Waals surface area contributed by atoms with Crippen LogP contribution in [-0.4, -0.2) is 24.8 Å². The predicted molar refractivity (Wildman–Crippen MR) is 71.4 cm³/mol. The van der Waals surface area contributed by atoms with E-state index in [1.165, 1.54) is 6.07 Å². The van der Waals surface area contributed by atoms with E-state index in [0.717, 1.165) is 18.9 Å². The molecular formula is C14H19F3N2O. The Labute approximate surface area is 116 Å². The Bertz CT molecular complexity index is 462. The molecule has 20 heavy (non-hydrogen) atoms. The van der Waals surface area contributed by atoms with Gasteiger partial charge < -0.3 is 15.7 Å². The van der Waals surface area contributed by atoms with Gasteiger partial charge in [-0.1, -0.05) is 6.07 Å². The second-order valence-corrected chi connectivity index (χ2v) is 5.19. The van der Waals surface area contributed by atoms with Gasteiger partial charge in [-0.15, -0.1) is 0 Å². The fraction of sp³-hybridized carbons (Fsp3) is 0.571. The zero-order valence-electron chi connectivity index (χ0n) is 11.2. The van der Waals surface area contributed by atoms with E-state index in [1.54, 1.807) is 11.0 Å². The molecule has 2 rings (SSSR count). The zero-order valence-corrected chi connectivity index (χ0v) is 11.2. The summed E-state index contributed by atoms with van der Waals surface area (Å²) >= 11 is 0. The minimum Gasteiger partial charge on any atom is -0.396 e.